The van der Waals surface area contributed by atoms with E-state index in [1.54, 1.807) is 19.2 Å². The molecule has 2 aromatic heterocycles. The highest BCUT2D eigenvalue weighted by atomic mass is 16.5. The van der Waals surface area contributed by atoms with E-state index in [4.69, 9.17) is 13.9 Å². The smallest absolute Gasteiger partial charge is 0.310 e. The fraction of sp³-hybridized carbons (Fsp3) is 0.364. The van der Waals surface area contributed by atoms with Crippen LogP contribution in [0.25, 0.3) is 11.0 Å². The van der Waals surface area contributed by atoms with Gasteiger partial charge in [0.05, 0.1) is 19.8 Å². The SMILES string of the molecule is COc1ccc2c(CC(=O)OCC(=O)c3cc(C)n(C(C)C)c3C)coc2c1. The molecule has 3 rings (SSSR count). The van der Waals surface area contributed by atoms with Gasteiger partial charge in [0.25, 0.3) is 0 Å². The largest absolute Gasteiger partial charge is 0.497 e. The van der Waals surface area contributed by atoms with Crippen LogP contribution in [0, 0.1) is 13.8 Å². The number of Topliss-reactive ketones (excluding diaryl/α,β-unsaturated/α-hetero) is 1. The lowest BCUT2D eigenvalue weighted by Gasteiger charge is -2.13. The molecule has 0 atom stereocenters. The number of esters is 1. The molecule has 0 bridgehead atoms. The first-order chi connectivity index (χ1) is 13.3. The molecule has 0 spiro atoms. The van der Waals surface area contributed by atoms with Crippen LogP contribution in [-0.2, 0) is 16.0 Å². The van der Waals surface area contributed by atoms with Crippen LogP contribution in [0.4, 0.5) is 0 Å². The van der Waals surface area contributed by atoms with Crippen molar-refractivity contribution in [1.29, 1.82) is 0 Å². The first-order valence-corrected chi connectivity index (χ1v) is 9.23. The van der Waals surface area contributed by atoms with E-state index in [2.05, 4.69) is 18.4 Å². The van der Waals surface area contributed by atoms with Crippen molar-refractivity contribution < 1.29 is 23.5 Å². The fourth-order valence-corrected chi connectivity index (χ4v) is 3.61. The summed E-state index contributed by atoms with van der Waals surface area (Å²) in [5, 5.41) is 0.824. The second-order valence-corrected chi connectivity index (χ2v) is 7.13. The lowest BCUT2D eigenvalue weighted by atomic mass is 10.1. The minimum absolute atomic E-state index is 0.0393. The standard InChI is InChI=1S/C22H25NO5/c1-13(2)23-14(3)8-19(15(23)4)20(24)12-28-22(25)9-16-11-27-21-10-17(26-5)6-7-18(16)21/h6-8,10-11,13H,9,12H2,1-5H3. The lowest BCUT2D eigenvalue weighted by molar-refractivity contribution is -0.141. The molecule has 2 heterocycles. The maximum atomic E-state index is 12.5. The molecule has 0 fully saturated rings. The first kappa shape index (κ1) is 19.7. The van der Waals surface area contributed by atoms with Crippen molar-refractivity contribution in [2.45, 2.75) is 40.2 Å². The van der Waals surface area contributed by atoms with E-state index >= 15 is 0 Å². The normalized spacial score (nSPS) is 11.2. The molecule has 0 N–H and O–H groups in total. The summed E-state index contributed by atoms with van der Waals surface area (Å²) in [5.41, 5.74) is 3.86. The van der Waals surface area contributed by atoms with Gasteiger partial charge in [0.2, 0.25) is 5.78 Å². The van der Waals surface area contributed by atoms with Crippen LogP contribution in [0.15, 0.2) is 34.9 Å². The van der Waals surface area contributed by atoms with E-state index in [1.165, 1.54) is 6.26 Å². The van der Waals surface area contributed by atoms with Gasteiger partial charge in [-0.3, -0.25) is 9.59 Å². The molecule has 28 heavy (non-hydrogen) atoms. The van der Waals surface area contributed by atoms with E-state index in [0.29, 0.717) is 22.5 Å². The molecule has 0 saturated carbocycles. The van der Waals surface area contributed by atoms with Crippen molar-refractivity contribution in [1.82, 2.24) is 4.57 Å². The number of hydrogen-bond acceptors (Lipinski definition) is 5. The van der Waals surface area contributed by atoms with Crippen LogP contribution in [0.1, 0.15) is 47.2 Å². The van der Waals surface area contributed by atoms with Crippen molar-refractivity contribution >= 4 is 22.7 Å². The highest BCUT2D eigenvalue weighted by molar-refractivity contribution is 5.99. The number of methoxy groups -OCH3 is 1. The minimum Gasteiger partial charge on any atom is -0.497 e. The van der Waals surface area contributed by atoms with Crippen molar-refractivity contribution in [2.24, 2.45) is 0 Å². The van der Waals surface area contributed by atoms with Gasteiger partial charge < -0.3 is 18.5 Å². The number of hydrogen-bond donors (Lipinski definition) is 0. The van der Waals surface area contributed by atoms with E-state index in [1.807, 2.05) is 26.0 Å². The number of fused-ring (bicyclic) bond motifs is 1. The molecule has 3 aromatic rings. The molecule has 148 valence electrons. The zero-order chi connectivity index (χ0) is 20.4. The molecule has 0 aliphatic carbocycles. The summed E-state index contributed by atoms with van der Waals surface area (Å²) in [6.07, 6.45) is 1.57. The number of ketones is 1. The summed E-state index contributed by atoms with van der Waals surface area (Å²) >= 11 is 0. The van der Waals surface area contributed by atoms with E-state index in [0.717, 1.165) is 16.8 Å². The van der Waals surface area contributed by atoms with Gasteiger partial charge in [0.1, 0.15) is 11.3 Å². The third-order valence-electron chi connectivity index (χ3n) is 4.86. The number of ether oxygens (including phenoxy) is 2. The molecular formula is C22H25NO5. The predicted octanol–water partition coefficient (Wildman–Crippen LogP) is 4.41. The molecular weight excluding hydrogens is 358 g/mol. The monoisotopic (exact) mass is 383 g/mol. The Bertz CT molecular complexity index is 1030. The predicted molar refractivity (Wildman–Crippen MR) is 106 cm³/mol. The lowest BCUT2D eigenvalue weighted by Crippen LogP contribution is -2.16. The number of aromatic nitrogens is 1. The van der Waals surface area contributed by atoms with Crippen LogP contribution in [0.2, 0.25) is 0 Å². The molecule has 0 unspecified atom stereocenters. The van der Waals surface area contributed by atoms with Gasteiger partial charge in [-0.25, -0.2) is 0 Å². The number of benzene rings is 1. The maximum absolute atomic E-state index is 12.5. The highest BCUT2D eigenvalue weighted by Crippen LogP contribution is 2.26. The van der Waals surface area contributed by atoms with Gasteiger partial charge in [0.15, 0.2) is 6.61 Å². The van der Waals surface area contributed by atoms with Gasteiger partial charge in [0, 0.05) is 40.0 Å². The van der Waals surface area contributed by atoms with Gasteiger partial charge in [-0.15, -0.1) is 0 Å². The zero-order valence-electron chi connectivity index (χ0n) is 16.9. The second-order valence-electron chi connectivity index (χ2n) is 7.13. The zero-order valence-corrected chi connectivity index (χ0v) is 16.9. The van der Waals surface area contributed by atoms with E-state index in [-0.39, 0.29) is 24.9 Å². The fourth-order valence-electron chi connectivity index (χ4n) is 3.61. The van der Waals surface area contributed by atoms with Crippen molar-refractivity contribution in [2.75, 3.05) is 13.7 Å². The first-order valence-electron chi connectivity index (χ1n) is 9.23. The number of carbonyl (C=O) groups is 2. The number of furan rings is 1. The quantitative estimate of drug-likeness (QED) is 0.446. The van der Waals surface area contributed by atoms with Crippen molar-refractivity contribution in [3.63, 3.8) is 0 Å². The number of rotatable bonds is 7. The Hall–Kier alpha value is -3.02. The van der Waals surface area contributed by atoms with Crippen molar-refractivity contribution in [3.8, 4) is 5.75 Å². The summed E-state index contributed by atoms with van der Waals surface area (Å²) in [6, 6.07) is 7.52. The second kappa shape index (κ2) is 7.92. The Labute approximate surface area is 164 Å². The van der Waals surface area contributed by atoms with Crippen LogP contribution in [0.5, 0.6) is 5.75 Å². The van der Waals surface area contributed by atoms with Gasteiger partial charge in [-0.05, 0) is 45.9 Å². The van der Waals surface area contributed by atoms with Crippen LogP contribution in [-0.4, -0.2) is 30.0 Å². The van der Waals surface area contributed by atoms with Crippen LogP contribution in [0.3, 0.4) is 0 Å². The van der Waals surface area contributed by atoms with Crippen LogP contribution < -0.4 is 4.74 Å². The summed E-state index contributed by atoms with van der Waals surface area (Å²) < 4.78 is 18.0. The molecule has 0 aliphatic heterocycles. The Balaban J connectivity index is 1.65. The third-order valence-corrected chi connectivity index (χ3v) is 4.86. The summed E-state index contributed by atoms with van der Waals surface area (Å²) in [7, 11) is 1.58. The third kappa shape index (κ3) is 3.81. The summed E-state index contributed by atoms with van der Waals surface area (Å²) in [4.78, 5) is 24.8. The number of aryl methyl sites for hydroxylation is 1. The van der Waals surface area contributed by atoms with Gasteiger partial charge >= 0.3 is 5.97 Å². The van der Waals surface area contributed by atoms with Gasteiger partial charge in [-0.2, -0.15) is 0 Å². The molecule has 0 aliphatic rings. The topological polar surface area (TPSA) is 70.7 Å². The van der Waals surface area contributed by atoms with E-state index < -0.39 is 5.97 Å². The molecule has 6 nitrogen and oxygen atoms in total. The molecule has 0 radical (unpaired) electrons. The summed E-state index contributed by atoms with van der Waals surface area (Å²) in [6.45, 7) is 7.74. The Morgan fingerprint density at radius 3 is 2.57 bits per heavy atom. The Morgan fingerprint density at radius 1 is 1.18 bits per heavy atom. The Kier molecular flexibility index (Phi) is 5.58. The highest BCUT2D eigenvalue weighted by Gasteiger charge is 2.19. The average Bonchev–Trinajstić information content (AvgIpc) is 3.19. The average molecular weight is 383 g/mol. The van der Waals surface area contributed by atoms with E-state index in [9.17, 15) is 9.59 Å². The molecule has 1 aromatic carbocycles. The summed E-state index contributed by atoms with van der Waals surface area (Å²) in [5.74, 6) is 0.0141. The molecule has 6 heteroatoms. The maximum Gasteiger partial charge on any atom is 0.310 e. The van der Waals surface area contributed by atoms with Gasteiger partial charge in [-0.1, -0.05) is 0 Å². The van der Waals surface area contributed by atoms with Crippen LogP contribution >= 0.6 is 0 Å². The number of nitrogens with zero attached hydrogens (tertiary/aromatic N) is 1. The molecule has 0 saturated heterocycles. The minimum atomic E-state index is -0.468. The number of carbonyl (C=O) groups excluding carboxylic acids is 2. The Morgan fingerprint density at radius 2 is 1.93 bits per heavy atom. The molecule has 0 amide bonds. The van der Waals surface area contributed by atoms with Crippen molar-refractivity contribution in [3.05, 3.63) is 53.0 Å².